The molecule has 0 spiro atoms. The maximum Gasteiger partial charge on any atom is 0.320 e. The Hall–Kier alpha value is -0.610. The lowest BCUT2D eigenvalue weighted by molar-refractivity contribution is -0.141. The maximum absolute atomic E-state index is 10.9. The fourth-order valence-corrected chi connectivity index (χ4v) is 1.67. The summed E-state index contributed by atoms with van der Waals surface area (Å²) in [6.45, 7) is 1.64. The predicted molar refractivity (Wildman–Crippen MR) is 55.3 cm³/mol. The lowest BCUT2D eigenvalue weighted by Gasteiger charge is -2.31. The van der Waals surface area contributed by atoms with Crippen molar-refractivity contribution in [3.8, 4) is 0 Å². The van der Waals surface area contributed by atoms with Crippen molar-refractivity contribution in [3.05, 3.63) is 0 Å². The van der Waals surface area contributed by atoms with Crippen LogP contribution in [0.5, 0.6) is 0 Å². The van der Waals surface area contributed by atoms with Gasteiger partial charge in [-0.1, -0.05) is 6.42 Å². The molecule has 1 atom stereocenters. The molecule has 1 aliphatic rings. The Bertz CT molecular complexity index is 191. The summed E-state index contributed by atoms with van der Waals surface area (Å²) in [6.07, 6.45) is 3.31. The van der Waals surface area contributed by atoms with Crippen molar-refractivity contribution < 1.29 is 9.90 Å². The minimum atomic E-state index is -0.701. The minimum Gasteiger partial charge on any atom is -0.480 e. The van der Waals surface area contributed by atoms with E-state index in [2.05, 4.69) is 5.32 Å². The molecule has 0 aromatic rings. The molecular formula is C10H20N2O2. The van der Waals surface area contributed by atoms with E-state index in [0.29, 0.717) is 5.92 Å². The molecule has 1 aliphatic carbocycles. The summed E-state index contributed by atoms with van der Waals surface area (Å²) in [4.78, 5) is 13.0. The first-order chi connectivity index (χ1) is 6.61. The zero-order valence-electron chi connectivity index (χ0n) is 8.99. The van der Waals surface area contributed by atoms with Crippen LogP contribution >= 0.6 is 0 Å². The van der Waals surface area contributed by atoms with E-state index in [1.807, 2.05) is 19.0 Å². The van der Waals surface area contributed by atoms with Crippen LogP contribution in [0, 0.1) is 5.92 Å². The second-order valence-corrected chi connectivity index (χ2v) is 4.26. The lowest BCUT2D eigenvalue weighted by atomic mass is 9.79. The molecule has 82 valence electrons. The fraction of sp³-hybridized carbons (Fsp3) is 0.900. The first-order valence-corrected chi connectivity index (χ1v) is 5.22. The van der Waals surface area contributed by atoms with Gasteiger partial charge in [0.1, 0.15) is 6.04 Å². The molecule has 4 nitrogen and oxygen atoms in total. The first-order valence-electron chi connectivity index (χ1n) is 5.22. The molecule has 0 aliphatic heterocycles. The highest BCUT2D eigenvalue weighted by atomic mass is 16.4. The van der Waals surface area contributed by atoms with Gasteiger partial charge in [-0.05, 0) is 32.9 Å². The Morgan fingerprint density at radius 3 is 2.57 bits per heavy atom. The average molecular weight is 200 g/mol. The van der Waals surface area contributed by atoms with Gasteiger partial charge in [-0.3, -0.25) is 4.79 Å². The molecule has 14 heavy (non-hydrogen) atoms. The Kier molecular flexibility index (Phi) is 4.35. The number of aliphatic carboxylic acids is 1. The van der Waals surface area contributed by atoms with E-state index >= 15 is 0 Å². The standard InChI is InChI=1S/C10H20N2O2/c1-12(2)7-6-11-9(10(13)14)8-4-3-5-8/h8-9,11H,3-7H2,1-2H3,(H,13,14). The van der Waals surface area contributed by atoms with E-state index in [-0.39, 0.29) is 6.04 Å². The smallest absolute Gasteiger partial charge is 0.320 e. The Balaban J connectivity index is 2.25. The number of hydrogen-bond acceptors (Lipinski definition) is 3. The molecule has 0 radical (unpaired) electrons. The van der Waals surface area contributed by atoms with Crippen molar-refractivity contribution in [1.82, 2.24) is 10.2 Å². The van der Waals surface area contributed by atoms with Crippen molar-refractivity contribution in [1.29, 1.82) is 0 Å². The number of hydrogen-bond donors (Lipinski definition) is 2. The van der Waals surface area contributed by atoms with Gasteiger partial charge in [0.25, 0.3) is 0 Å². The highest BCUT2D eigenvalue weighted by molar-refractivity contribution is 5.74. The summed E-state index contributed by atoms with van der Waals surface area (Å²) in [5.41, 5.74) is 0. The summed E-state index contributed by atoms with van der Waals surface area (Å²) in [5.74, 6) is -0.344. The zero-order valence-corrected chi connectivity index (χ0v) is 8.99. The largest absolute Gasteiger partial charge is 0.480 e. The molecule has 1 saturated carbocycles. The zero-order chi connectivity index (χ0) is 10.6. The van der Waals surface area contributed by atoms with Crippen LogP contribution in [0.1, 0.15) is 19.3 Å². The summed E-state index contributed by atoms with van der Waals surface area (Å²) < 4.78 is 0. The molecule has 0 amide bonds. The highest BCUT2D eigenvalue weighted by Gasteiger charge is 2.31. The van der Waals surface area contributed by atoms with Gasteiger partial charge in [-0.25, -0.2) is 0 Å². The Morgan fingerprint density at radius 1 is 1.57 bits per heavy atom. The molecule has 1 fully saturated rings. The summed E-state index contributed by atoms with van der Waals surface area (Å²) >= 11 is 0. The monoisotopic (exact) mass is 200 g/mol. The first kappa shape index (κ1) is 11.5. The second-order valence-electron chi connectivity index (χ2n) is 4.26. The minimum absolute atomic E-state index is 0.330. The molecule has 0 aromatic carbocycles. The van der Waals surface area contributed by atoms with Crippen LogP contribution in [0.15, 0.2) is 0 Å². The molecule has 1 unspecified atom stereocenters. The van der Waals surface area contributed by atoms with Gasteiger partial charge >= 0.3 is 5.97 Å². The van der Waals surface area contributed by atoms with Crippen molar-refractivity contribution in [2.24, 2.45) is 5.92 Å². The molecule has 0 aromatic heterocycles. The molecule has 4 heteroatoms. The number of nitrogens with zero attached hydrogens (tertiary/aromatic N) is 1. The van der Waals surface area contributed by atoms with Gasteiger partial charge in [0.15, 0.2) is 0 Å². The third kappa shape index (κ3) is 3.27. The average Bonchev–Trinajstić information content (AvgIpc) is 1.98. The number of carboxylic acids is 1. The number of nitrogens with one attached hydrogen (secondary N) is 1. The van der Waals surface area contributed by atoms with Crippen LogP contribution in [0.2, 0.25) is 0 Å². The SMILES string of the molecule is CN(C)CCNC(C(=O)O)C1CCC1. The van der Waals surface area contributed by atoms with Gasteiger partial charge in [-0.15, -0.1) is 0 Å². The van der Waals surface area contributed by atoms with Gasteiger partial charge in [0.2, 0.25) is 0 Å². The molecule has 2 N–H and O–H groups in total. The molecule has 0 heterocycles. The lowest BCUT2D eigenvalue weighted by Crippen LogP contribution is -2.47. The van der Waals surface area contributed by atoms with Crippen LogP contribution < -0.4 is 5.32 Å². The second kappa shape index (κ2) is 5.32. The summed E-state index contributed by atoms with van der Waals surface area (Å²) in [6, 6.07) is -0.330. The van der Waals surface area contributed by atoms with Crippen molar-refractivity contribution in [2.45, 2.75) is 25.3 Å². The van der Waals surface area contributed by atoms with Crippen molar-refractivity contribution >= 4 is 5.97 Å². The van der Waals surface area contributed by atoms with Crippen molar-refractivity contribution in [2.75, 3.05) is 27.2 Å². The Morgan fingerprint density at radius 2 is 2.21 bits per heavy atom. The van der Waals surface area contributed by atoms with Crippen LogP contribution in [-0.4, -0.2) is 49.2 Å². The maximum atomic E-state index is 10.9. The van der Waals surface area contributed by atoms with Crippen LogP contribution in [0.3, 0.4) is 0 Å². The normalized spacial score (nSPS) is 19.4. The molecule has 1 rings (SSSR count). The van der Waals surface area contributed by atoms with E-state index in [9.17, 15) is 4.79 Å². The third-order valence-corrected chi connectivity index (χ3v) is 2.81. The molecule has 0 bridgehead atoms. The summed E-state index contributed by atoms with van der Waals surface area (Å²) in [7, 11) is 3.97. The molecular weight excluding hydrogens is 180 g/mol. The van der Waals surface area contributed by atoms with E-state index in [4.69, 9.17) is 5.11 Å². The fourth-order valence-electron chi connectivity index (χ4n) is 1.67. The van der Waals surface area contributed by atoms with Crippen LogP contribution in [-0.2, 0) is 4.79 Å². The van der Waals surface area contributed by atoms with Crippen molar-refractivity contribution in [3.63, 3.8) is 0 Å². The van der Waals surface area contributed by atoms with Gasteiger partial charge < -0.3 is 15.3 Å². The number of carboxylic acid groups (broad SMARTS) is 1. The van der Waals surface area contributed by atoms with Gasteiger partial charge in [0, 0.05) is 13.1 Å². The predicted octanol–water partition coefficient (Wildman–Crippen LogP) is 0.391. The topological polar surface area (TPSA) is 52.6 Å². The number of likely N-dealkylation sites (N-methyl/N-ethyl adjacent to an activating group) is 1. The van der Waals surface area contributed by atoms with E-state index in [1.165, 1.54) is 6.42 Å². The van der Waals surface area contributed by atoms with E-state index in [1.54, 1.807) is 0 Å². The van der Waals surface area contributed by atoms with Gasteiger partial charge in [0.05, 0.1) is 0 Å². The quantitative estimate of drug-likeness (QED) is 0.651. The third-order valence-electron chi connectivity index (χ3n) is 2.81. The van der Waals surface area contributed by atoms with Crippen LogP contribution in [0.4, 0.5) is 0 Å². The Labute approximate surface area is 85.3 Å². The number of rotatable bonds is 6. The van der Waals surface area contributed by atoms with Crippen LogP contribution in [0.25, 0.3) is 0 Å². The van der Waals surface area contributed by atoms with E-state index < -0.39 is 5.97 Å². The highest BCUT2D eigenvalue weighted by Crippen LogP contribution is 2.29. The summed E-state index contributed by atoms with van der Waals surface area (Å²) in [5, 5.41) is 12.1. The van der Waals surface area contributed by atoms with E-state index in [0.717, 1.165) is 25.9 Å². The van der Waals surface area contributed by atoms with Gasteiger partial charge in [-0.2, -0.15) is 0 Å². The number of carbonyl (C=O) groups is 1. The molecule has 0 saturated heterocycles.